The summed E-state index contributed by atoms with van der Waals surface area (Å²) >= 11 is 0. The molecule has 0 atom stereocenters. The standard InChI is InChI=1S/C23H22N4O4/c1-15(12-21(28)25-19-9-6-17(7-10-19)23(24)30)26-27-22(29)14-31-20-11-8-16-4-2-3-5-18(16)13-20/h2-11,13H,12,14H2,1H3,(H2,24,30)(H,25,28)(H,27,29). The van der Waals surface area contributed by atoms with Gasteiger partial charge < -0.3 is 15.8 Å². The molecule has 0 radical (unpaired) electrons. The SMILES string of the molecule is CC(CC(=O)Nc1ccc(C(N)=O)cc1)=NNC(=O)COc1ccc2ccccc2c1. The predicted octanol–water partition coefficient (Wildman–Crippen LogP) is 2.84. The zero-order valence-corrected chi connectivity index (χ0v) is 16.9. The highest BCUT2D eigenvalue weighted by Gasteiger charge is 2.07. The Kier molecular flexibility index (Phi) is 6.95. The molecule has 0 aliphatic heterocycles. The van der Waals surface area contributed by atoms with Crippen LogP contribution < -0.4 is 21.2 Å². The average molecular weight is 418 g/mol. The van der Waals surface area contributed by atoms with E-state index in [1.54, 1.807) is 25.1 Å². The lowest BCUT2D eigenvalue weighted by Crippen LogP contribution is -2.26. The molecule has 0 aliphatic rings. The first-order valence-corrected chi connectivity index (χ1v) is 9.54. The second-order valence-corrected chi connectivity index (χ2v) is 6.85. The summed E-state index contributed by atoms with van der Waals surface area (Å²) in [7, 11) is 0. The summed E-state index contributed by atoms with van der Waals surface area (Å²) in [5.41, 5.74) is 8.85. The molecule has 0 saturated carbocycles. The molecule has 0 aliphatic carbocycles. The van der Waals surface area contributed by atoms with Gasteiger partial charge >= 0.3 is 0 Å². The van der Waals surface area contributed by atoms with Gasteiger partial charge in [0.2, 0.25) is 11.8 Å². The number of nitrogens with one attached hydrogen (secondary N) is 2. The van der Waals surface area contributed by atoms with Crippen molar-refractivity contribution in [2.75, 3.05) is 11.9 Å². The van der Waals surface area contributed by atoms with Crippen molar-refractivity contribution in [3.8, 4) is 5.75 Å². The molecule has 158 valence electrons. The molecular weight excluding hydrogens is 396 g/mol. The summed E-state index contributed by atoms with van der Waals surface area (Å²) in [5, 5.41) is 8.70. The van der Waals surface area contributed by atoms with Crippen molar-refractivity contribution in [3.05, 3.63) is 72.3 Å². The van der Waals surface area contributed by atoms with Crippen LogP contribution in [-0.2, 0) is 9.59 Å². The first kappa shape index (κ1) is 21.5. The van der Waals surface area contributed by atoms with Gasteiger partial charge in [-0.15, -0.1) is 0 Å². The Morgan fingerprint density at radius 3 is 2.35 bits per heavy atom. The summed E-state index contributed by atoms with van der Waals surface area (Å²) < 4.78 is 5.50. The third kappa shape index (κ3) is 6.40. The Morgan fingerprint density at radius 1 is 0.935 bits per heavy atom. The van der Waals surface area contributed by atoms with Crippen LogP contribution in [0.25, 0.3) is 10.8 Å². The van der Waals surface area contributed by atoms with Gasteiger partial charge in [-0.2, -0.15) is 5.10 Å². The van der Waals surface area contributed by atoms with Gasteiger partial charge in [0.15, 0.2) is 6.61 Å². The lowest BCUT2D eigenvalue weighted by Gasteiger charge is -2.07. The molecule has 0 unspecified atom stereocenters. The first-order valence-electron chi connectivity index (χ1n) is 9.54. The van der Waals surface area contributed by atoms with Gasteiger partial charge in [0.05, 0.1) is 6.42 Å². The van der Waals surface area contributed by atoms with E-state index < -0.39 is 11.8 Å². The molecule has 0 spiro atoms. The highest BCUT2D eigenvalue weighted by Crippen LogP contribution is 2.20. The highest BCUT2D eigenvalue weighted by atomic mass is 16.5. The molecule has 3 amide bonds. The van der Waals surface area contributed by atoms with Gasteiger partial charge in [0.25, 0.3) is 5.91 Å². The van der Waals surface area contributed by atoms with Crippen LogP contribution in [0.5, 0.6) is 5.75 Å². The number of fused-ring (bicyclic) bond motifs is 1. The third-order valence-electron chi connectivity index (χ3n) is 4.33. The number of nitrogens with two attached hydrogens (primary N) is 1. The van der Waals surface area contributed by atoms with Crippen molar-refractivity contribution in [2.24, 2.45) is 10.8 Å². The van der Waals surface area contributed by atoms with Crippen LogP contribution >= 0.6 is 0 Å². The molecule has 0 aromatic heterocycles. The fourth-order valence-corrected chi connectivity index (χ4v) is 2.79. The number of primary amides is 1. The van der Waals surface area contributed by atoms with Gasteiger partial charge in [0.1, 0.15) is 5.75 Å². The van der Waals surface area contributed by atoms with E-state index in [0.717, 1.165) is 10.8 Å². The zero-order valence-electron chi connectivity index (χ0n) is 16.9. The number of benzene rings is 3. The van der Waals surface area contributed by atoms with Crippen LogP contribution in [0, 0.1) is 0 Å². The summed E-state index contributed by atoms with van der Waals surface area (Å²) in [6.45, 7) is 1.42. The van der Waals surface area contributed by atoms with Gasteiger partial charge in [-0.3, -0.25) is 14.4 Å². The first-order chi connectivity index (χ1) is 14.9. The molecule has 0 saturated heterocycles. The molecule has 3 rings (SSSR count). The average Bonchev–Trinajstić information content (AvgIpc) is 2.76. The number of carbonyl (C=O) groups excluding carboxylic acids is 3. The molecule has 31 heavy (non-hydrogen) atoms. The fourth-order valence-electron chi connectivity index (χ4n) is 2.79. The van der Waals surface area contributed by atoms with Gasteiger partial charge in [-0.25, -0.2) is 5.43 Å². The minimum absolute atomic E-state index is 0.0105. The Hall–Kier alpha value is -4.20. The molecule has 4 N–H and O–H groups in total. The van der Waals surface area contributed by atoms with E-state index in [0.29, 0.717) is 22.7 Å². The highest BCUT2D eigenvalue weighted by molar-refractivity contribution is 6.06. The Labute approximate surface area is 179 Å². The Balaban J connectivity index is 1.44. The second kappa shape index (κ2) is 10.0. The Bertz CT molecular complexity index is 1140. The maximum absolute atomic E-state index is 12.1. The van der Waals surface area contributed by atoms with Crippen molar-refractivity contribution in [3.63, 3.8) is 0 Å². The minimum Gasteiger partial charge on any atom is -0.484 e. The van der Waals surface area contributed by atoms with Crippen LogP contribution in [-0.4, -0.2) is 30.0 Å². The summed E-state index contributed by atoms with van der Waals surface area (Å²) in [4.78, 5) is 35.1. The number of rotatable bonds is 8. The second-order valence-electron chi connectivity index (χ2n) is 6.85. The summed E-state index contributed by atoms with van der Waals surface area (Å²) in [6.07, 6.45) is -0.0105. The molecule has 0 bridgehead atoms. The van der Waals surface area contributed by atoms with Crippen molar-refractivity contribution in [1.82, 2.24) is 5.43 Å². The lowest BCUT2D eigenvalue weighted by molar-refractivity contribution is -0.123. The molecule has 8 heteroatoms. The fraction of sp³-hybridized carbons (Fsp3) is 0.130. The minimum atomic E-state index is -0.541. The van der Waals surface area contributed by atoms with Crippen molar-refractivity contribution in [2.45, 2.75) is 13.3 Å². The molecule has 0 heterocycles. The number of hydrogen-bond donors (Lipinski definition) is 3. The number of ether oxygens (including phenoxy) is 1. The van der Waals surface area contributed by atoms with Gasteiger partial charge in [-0.1, -0.05) is 30.3 Å². The van der Waals surface area contributed by atoms with E-state index in [9.17, 15) is 14.4 Å². The smallest absolute Gasteiger partial charge is 0.277 e. The number of amides is 3. The number of hydrazone groups is 1. The molecule has 3 aromatic rings. The molecule has 3 aromatic carbocycles. The number of hydrogen-bond acceptors (Lipinski definition) is 5. The van der Waals surface area contributed by atoms with Crippen molar-refractivity contribution in [1.29, 1.82) is 0 Å². The van der Waals surface area contributed by atoms with Crippen LogP contribution in [0.3, 0.4) is 0 Å². The number of carbonyl (C=O) groups is 3. The molecular formula is C23H22N4O4. The van der Waals surface area contributed by atoms with Gasteiger partial charge in [-0.05, 0) is 54.1 Å². The summed E-state index contributed by atoms with van der Waals surface area (Å²) in [6, 6.07) is 19.6. The number of anilines is 1. The lowest BCUT2D eigenvalue weighted by atomic mass is 10.1. The maximum Gasteiger partial charge on any atom is 0.277 e. The molecule has 0 fully saturated rings. The predicted molar refractivity (Wildman–Crippen MR) is 119 cm³/mol. The van der Waals surface area contributed by atoms with E-state index in [2.05, 4.69) is 15.8 Å². The van der Waals surface area contributed by atoms with Gasteiger partial charge in [0, 0.05) is 17.0 Å². The van der Waals surface area contributed by atoms with Crippen LogP contribution in [0.1, 0.15) is 23.7 Å². The zero-order chi connectivity index (χ0) is 22.2. The largest absolute Gasteiger partial charge is 0.484 e. The maximum atomic E-state index is 12.1. The third-order valence-corrected chi connectivity index (χ3v) is 4.33. The summed E-state index contributed by atoms with van der Waals surface area (Å²) in [5.74, 6) is -0.706. The van der Waals surface area contributed by atoms with Crippen LogP contribution in [0.4, 0.5) is 5.69 Å². The van der Waals surface area contributed by atoms with E-state index in [1.165, 1.54) is 12.1 Å². The van der Waals surface area contributed by atoms with E-state index in [4.69, 9.17) is 10.5 Å². The van der Waals surface area contributed by atoms with E-state index in [-0.39, 0.29) is 18.9 Å². The molecule has 8 nitrogen and oxygen atoms in total. The van der Waals surface area contributed by atoms with Crippen LogP contribution in [0.2, 0.25) is 0 Å². The number of nitrogens with zero attached hydrogens (tertiary/aromatic N) is 1. The Morgan fingerprint density at radius 2 is 1.65 bits per heavy atom. The van der Waals surface area contributed by atoms with Crippen LogP contribution in [0.15, 0.2) is 71.8 Å². The normalized spacial score (nSPS) is 11.1. The monoisotopic (exact) mass is 418 g/mol. The van der Waals surface area contributed by atoms with E-state index >= 15 is 0 Å². The van der Waals surface area contributed by atoms with E-state index in [1.807, 2.05) is 36.4 Å². The van der Waals surface area contributed by atoms with Crippen molar-refractivity contribution >= 4 is 39.9 Å². The van der Waals surface area contributed by atoms with Crippen molar-refractivity contribution < 1.29 is 19.1 Å². The quantitative estimate of drug-likeness (QED) is 0.384. The topological polar surface area (TPSA) is 123 Å².